The molecule has 0 aromatic carbocycles. The van der Waals surface area contributed by atoms with E-state index in [1.807, 2.05) is 0 Å². The second-order valence-corrected chi connectivity index (χ2v) is 5.79. The van der Waals surface area contributed by atoms with Gasteiger partial charge in [-0.2, -0.15) is 0 Å². The molecule has 0 radical (unpaired) electrons. The van der Waals surface area contributed by atoms with Crippen LogP contribution in [0.3, 0.4) is 0 Å². The summed E-state index contributed by atoms with van der Waals surface area (Å²) in [6, 6.07) is 4.51. The van der Waals surface area contributed by atoms with E-state index in [-0.39, 0.29) is 0 Å². The molecule has 5 heteroatoms. The molecule has 2 aromatic rings. The molecule has 4 nitrogen and oxygen atoms in total. The van der Waals surface area contributed by atoms with Gasteiger partial charge >= 0.3 is 0 Å². The van der Waals surface area contributed by atoms with E-state index < -0.39 is 0 Å². The first-order chi connectivity index (χ1) is 8.74. The summed E-state index contributed by atoms with van der Waals surface area (Å²) in [6.45, 7) is 5.23. The van der Waals surface area contributed by atoms with Crippen molar-refractivity contribution in [2.24, 2.45) is 0 Å². The Balaban J connectivity index is 1.88. The van der Waals surface area contributed by atoms with Gasteiger partial charge < -0.3 is 15.2 Å². The van der Waals surface area contributed by atoms with E-state index >= 15 is 0 Å². The zero-order valence-corrected chi connectivity index (χ0v) is 11.5. The zero-order valence-electron chi connectivity index (χ0n) is 10.7. The molecule has 1 unspecified atom stereocenters. The summed E-state index contributed by atoms with van der Waals surface area (Å²) in [4.78, 5) is 11.8. The highest BCUT2D eigenvalue weighted by atomic mass is 32.1. The van der Waals surface area contributed by atoms with Crippen molar-refractivity contribution in [3.8, 4) is 10.6 Å². The molecule has 1 aliphatic rings. The number of imidazole rings is 1. The van der Waals surface area contributed by atoms with Crippen LogP contribution in [0.2, 0.25) is 0 Å². The van der Waals surface area contributed by atoms with Crippen LogP contribution in [0.25, 0.3) is 10.6 Å². The Bertz CT molecular complexity index is 517. The van der Waals surface area contributed by atoms with Crippen LogP contribution in [0.4, 0.5) is 0 Å². The number of rotatable bonds is 2. The second-order valence-electron chi connectivity index (χ2n) is 4.84. The highest BCUT2D eigenvalue weighted by molar-refractivity contribution is 7.13. The number of nitrogens with zero attached hydrogens (tertiary/aromatic N) is 2. The molecule has 0 bridgehead atoms. The van der Waals surface area contributed by atoms with Gasteiger partial charge in [0, 0.05) is 25.3 Å². The number of H-pyrrole nitrogens is 1. The van der Waals surface area contributed by atoms with Gasteiger partial charge in [0.15, 0.2) is 0 Å². The van der Waals surface area contributed by atoms with Crippen LogP contribution < -0.4 is 5.32 Å². The number of hydrogen-bond donors (Lipinski definition) is 2. The number of aryl methyl sites for hydroxylation is 1. The third-order valence-electron chi connectivity index (χ3n) is 3.37. The molecule has 1 saturated heterocycles. The van der Waals surface area contributed by atoms with Crippen LogP contribution in [0.5, 0.6) is 0 Å². The number of nitrogens with one attached hydrogen (secondary N) is 2. The summed E-state index contributed by atoms with van der Waals surface area (Å²) < 4.78 is 0. The predicted molar refractivity (Wildman–Crippen MR) is 74.9 cm³/mol. The molecular formula is C13H18N4S. The number of likely N-dealkylation sites (N-methyl/N-ethyl adjacent to an activating group) is 1. The lowest BCUT2D eigenvalue weighted by Crippen LogP contribution is -2.44. The summed E-state index contributed by atoms with van der Waals surface area (Å²) in [7, 11) is 2.16. The molecule has 1 aliphatic heterocycles. The second kappa shape index (κ2) is 4.84. The zero-order chi connectivity index (χ0) is 12.5. The molecule has 3 rings (SSSR count). The summed E-state index contributed by atoms with van der Waals surface area (Å²) in [5.41, 5.74) is 2.25. The van der Waals surface area contributed by atoms with Crippen molar-refractivity contribution in [3.63, 3.8) is 0 Å². The monoisotopic (exact) mass is 262 g/mol. The average Bonchev–Trinajstić information content (AvgIpc) is 2.97. The SMILES string of the molecule is Cc1[nH]c(C2CN(C)CCN2)nc1-c1cccs1. The fraction of sp³-hybridized carbons (Fsp3) is 0.462. The van der Waals surface area contributed by atoms with Gasteiger partial charge in [-0.1, -0.05) is 6.07 Å². The maximum absolute atomic E-state index is 4.78. The van der Waals surface area contributed by atoms with Crippen LogP contribution in [-0.4, -0.2) is 41.5 Å². The predicted octanol–water partition coefficient (Wildman–Crippen LogP) is 2.02. The first-order valence-corrected chi connectivity index (χ1v) is 7.14. The largest absolute Gasteiger partial charge is 0.344 e. The average molecular weight is 262 g/mol. The molecule has 0 saturated carbocycles. The van der Waals surface area contributed by atoms with Crippen molar-refractivity contribution in [1.82, 2.24) is 20.2 Å². The lowest BCUT2D eigenvalue weighted by Gasteiger charge is -2.29. The van der Waals surface area contributed by atoms with Crippen LogP contribution in [-0.2, 0) is 0 Å². The van der Waals surface area contributed by atoms with Crippen LogP contribution in [0, 0.1) is 6.92 Å². The molecule has 96 valence electrons. The standard InChI is InChI=1S/C13H18N4S/c1-9-12(11-4-3-7-18-11)16-13(15-9)10-8-17(2)6-5-14-10/h3-4,7,10,14H,5-6,8H2,1-2H3,(H,15,16). The molecule has 0 aliphatic carbocycles. The Labute approximate surface area is 111 Å². The Morgan fingerprint density at radius 1 is 1.50 bits per heavy atom. The smallest absolute Gasteiger partial charge is 0.125 e. The summed E-state index contributed by atoms with van der Waals surface area (Å²) in [5.74, 6) is 1.06. The van der Waals surface area contributed by atoms with Gasteiger partial charge in [-0.25, -0.2) is 4.98 Å². The first-order valence-electron chi connectivity index (χ1n) is 6.26. The molecular weight excluding hydrogens is 244 g/mol. The Morgan fingerprint density at radius 3 is 3.11 bits per heavy atom. The van der Waals surface area contributed by atoms with Crippen molar-refractivity contribution in [2.45, 2.75) is 13.0 Å². The Morgan fingerprint density at radius 2 is 2.39 bits per heavy atom. The Hall–Kier alpha value is -1.17. The summed E-state index contributed by atoms with van der Waals surface area (Å²) in [5, 5.41) is 5.61. The molecule has 0 amide bonds. The number of piperazine rings is 1. The van der Waals surface area contributed by atoms with E-state index in [2.05, 4.69) is 46.7 Å². The van der Waals surface area contributed by atoms with Crippen molar-refractivity contribution in [3.05, 3.63) is 29.0 Å². The minimum absolute atomic E-state index is 0.316. The molecule has 18 heavy (non-hydrogen) atoms. The fourth-order valence-electron chi connectivity index (χ4n) is 2.38. The highest BCUT2D eigenvalue weighted by Crippen LogP contribution is 2.27. The van der Waals surface area contributed by atoms with Crippen LogP contribution in [0.15, 0.2) is 17.5 Å². The third-order valence-corrected chi connectivity index (χ3v) is 4.24. The Kier molecular flexibility index (Phi) is 3.20. The van der Waals surface area contributed by atoms with Crippen LogP contribution >= 0.6 is 11.3 Å². The summed E-state index contributed by atoms with van der Waals surface area (Å²) in [6.07, 6.45) is 0. The van der Waals surface area contributed by atoms with E-state index in [1.165, 1.54) is 4.88 Å². The van der Waals surface area contributed by atoms with E-state index in [1.54, 1.807) is 11.3 Å². The molecule has 1 atom stereocenters. The highest BCUT2D eigenvalue weighted by Gasteiger charge is 2.22. The molecule has 0 spiro atoms. The molecule has 1 fully saturated rings. The van der Waals surface area contributed by atoms with E-state index in [9.17, 15) is 0 Å². The minimum atomic E-state index is 0.316. The third kappa shape index (κ3) is 2.21. The van der Waals surface area contributed by atoms with Crippen molar-refractivity contribution >= 4 is 11.3 Å². The molecule has 2 aromatic heterocycles. The topological polar surface area (TPSA) is 44.0 Å². The minimum Gasteiger partial charge on any atom is -0.344 e. The molecule has 2 N–H and O–H groups in total. The van der Waals surface area contributed by atoms with Gasteiger partial charge in [-0.05, 0) is 25.4 Å². The lowest BCUT2D eigenvalue weighted by atomic mass is 10.2. The fourth-order valence-corrected chi connectivity index (χ4v) is 3.15. The molecule has 3 heterocycles. The normalized spacial score (nSPS) is 21.3. The maximum atomic E-state index is 4.78. The number of aromatic nitrogens is 2. The van der Waals surface area contributed by atoms with E-state index in [0.717, 1.165) is 36.8 Å². The van der Waals surface area contributed by atoms with E-state index in [0.29, 0.717) is 6.04 Å². The van der Waals surface area contributed by atoms with Gasteiger partial charge in [-0.3, -0.25) is 0 Å². The van der Waals surface area contributed by atoms with Crippen molar-refractivity contribution < 1.29 is 0 Å². The van der Waals surface area contributed by atoms with E-state index in [4.69, 9.17) is 4.98 Å². The quantitative estimate of drug-likeness (QED) is 0.870. The van der Waals surface area contributed by atoms with Gasteiger partial charge in [0.25, 0.3) is 0 Å². The maximum Gasteiger partial charge on any atom is 0.125 e. The summed E-state index contributed by atoms with van der Waals surface area (Å²) >= 11 is 1.74. The van der Waals surface area contributed by atoms with Crippen LogP contribution in [0.1, 0.15) is 17.6 Å². The number of aromatic amines is 1. The van der Waals surface area contributed by atoms with Crippen molar-refractivity contribution in [2.75, 3.05) is 26.7 Å². The first kappa shape index (κ1) is 11.9. The lowest BCUT2D eigenvalue weighted by molar-refractivity contribution is 0.236. The van der Waals surface area contributed by atoms with Gasteiger partial charge in [0.2, 0.25) is 0 Å². The van der Waals surface area contributed by atoms with Crippen molar-refractivity contribution in [1.29, 1.82) is 0 Å². The van der Waals surface area contributed by atoms with Gasteiger partial charge in [-0.15, -0.1) is 11.3 Å². The number of thiophene rings is 1. The van der Waals surface area contributed by atoms with Gasteiger partial charge in [0.05, 0.1) is 10.9 Å². The number of hydrogen-bond acceptors (Lipinski definition) is 4. The van der Waals surface area contributed by atoms with Gasteiger partial charge in [0.1, 0.15) is 11.5 Å².